The van der Waals surface area contributed by atoms with E-state index in [4.69, 9.17) is 0 Å². The lowest BCUT2D eigenvalue weighted by Crippen LogP contribution is -2.20. The van der Waals surface area contributed by atoms with E-state index < -0.39 is 0 Å². The number of nitrogens with one attached hydrogen (secondary N) is 1. The van der Waals surface area contributed by atoms with E-state index in [2.05, 4.69) is 11.9 Å². The first-order chi connectivity index (χ1) is 11.9. The number of phenolic OH excluding ortho intramolecular Hbond substituents is 1. The van der Waals surface area contributed by atoms with Gasteiger partial charge in [0.05, 0.1) is 0 Å². The van der Waals surface area contributed by atoms with Crippen LogP contribution in [0.3, 0.4) is 0 Å². The first kappa shape index (κ1) is 24.9. The molecular weight excluding hydrogens is 342 g/mol. The third-order valence-corrected chi connectivity index (χ3v) is 5.15. The highest BCUT2D eigenvalue weighted by atomic mass is 16.3. The van der Waals surface area contributed by atoms with Crippen molar-refractivity contribution in [1.82, 2.24) is 5.32 Å². The smallest absolute Gasteiger partial charge is 0.161 e. The average molecular weight is 379 g/mol. The van der Waals surface area contributed by atoms with Gasteiger partial charge in [-0.3, -0.25) is 10.3 Å². The minimum absolute atomic E-state index is 0. The lowest BCUT2D eigenvalue weighted by molar-refractivity contribution is -0.120. The standard InChI is InChI=1S/C22H31NO2.H2O.HO.H2/c1-15(2)23-13-12-20(21-14-19(24)11-10-16(21)3)17(4)22(25)18-8-6-5-7-9-18;;;/h10-11,14,18,23-24H,1,5-9,12-13H2,2-4H3;1H2;2*1H/b20-17+;;;. The molecule has 1 fully saturated rings. The molecule has 5 nitrogen and oxygen atoms in total. The molecule has 1 aromatic carbocycles. The molecule has 1 aliphatic rings. The highest BCUT2D eigenvalue weighted by Crippen LogP contribution is 2.32. The van der Waals surface area contributed by atoms with Crippen molar-refractivity contribution in [2.45, 2.75) is 59.3 Å². The van der Waals surface area contributed by atoms with Crippen molar-refractivity contribution in [3.8, 4) is 5.75 Å². The van der Waals surface area contributed by atoms with E-state index in [0.717, 1.165) is 66.6 Å². The average Bonchev–Trinajstić information content (AvgIpc) is 2.60. The zero-order chi connectivity index (χ0) is 18.4. The van der Waals surface area contributed by atoms with E-state index in [1.165, 1.54) is 6.42 Å². The summed E-state index contributed by atoms with van der Waals surface area (Å²) in [6, 6.07) is 5.39. The molecule has 1 aliphatic carbocycles. The van der Waals surface area contributed by atoms with Gasteiger partial charge in [-0.25, -0.2) is 0 Å². The Labute approximate surface area is 164 Å². The number of allylic oxidation sites excluding steroid dienone is 2. The number of hydrogen-bond acceptors (Lipinski definition) is 3. The number of carbonyl (C=O) groups excluding carboxylic acids is 1. The van der Waals surface area contributed by atoms with E-state index in [0.29, 0.717) is 0 Å². The van der Waals surface area contributed by atoms with Crippen LogP contribution in [0.4, 0.5) is 0 Å². The van der Waals surface area contributed by atoms with Crippen LogP contribution in [0.1, 0.15) is 64.9 Å². The Kier molecular flexibility index (Phi) is 10.7. The van der Waals surface area contributed by atoms with Gasteiger partial charge in [0.1, 0.15) is 5.75 Å². The normalized spacial score (nSPS) is 15.1. The van der Waals surface area contributed by atoms with Gasteiger partial charge in [0.2, 0.25) is 0 Å². The molecule has 0 aliphatic heterocycles. The second-order valence-electron chi connectivity index (χ2n) is 7.26. The molecule has 0 heterocycles. The summed E-state index contributed by atoms with van der Waals surface area (Å²) in [7, 11) is 0. The number of phenols is 1. The Morgan fingerprint density at radius 3 is 2.48 bits per heavy atom. The predicted octanol–water partition coefficient (Wildman–Crippen LogP) is 4.38. The first-order valence-electron chi connectivity index (χ1n) is 9.33. The molecule has 1 aromatic rings. The summed E-state index contributed by atoms with van der Waals surface area (Å²) in [5.74, 6) is 0.687. The van der Waals surface area contributed by atoms with Crippen LogP contribution >= 0.6 is 0 Å². The van der Waals surface area contributed by atoms with E-state index in [1.54, 1.807) is 12.1 Å². The maximum Gasteiger partial charge on any atom is 0.161 e. The molecule has 0 saturated heterocycles. The number of aryl methyl sites for hydroxylation is 1. The lowest BCUT2D eigenvalue weighted by Gasteiger charge is -2.23. The van der Waals surface area contributed by atoms with Crippen LogP contribution in [0.2, 0.25) is 0 Å². The van der Waals surface area contributed by atoms with Gasteiger partial charge < -0.3 is 15.9 Å². The summed E-state index contributed by atoms with van der Waals surface area (Å²) in [5.41, 5.74) is 4.87. The molecule has 5 N–H and O–H groups in total. The molecule has 1 saturated carbocycles. The minimum Gasteiger partial charge on any atom is -0.508 e. The Hall–Kier alpha value is -2.11. The molecule has 27 heavy (non-hydrogen) atoms. The van der Waals surface area contributed by atoms with Crippen molar-refractivity contribution >= 4 is 11.4 Å². The minimum atomic E-state index is 0. The predicted molar refractivity (Wildman–Crippen MR) is 112 cm³/mol. The number of rotatable bonds is 7. The zero-order valence-electron chi connectivity index (χ0n) is 16.8. The van der Waals surface area contributed by atoms with Crippen molar-refractivity contribution in [3.05, 3.63) is 47.2 Å². The van der Waals surface area contributed by atoms with E-state index in [-0.39, 0.29) is 29.8 Å². The Bertz CT molecular complexity index is 679. The number of Topliss-reactive ketones (excluding diaryl/α,β-unsaturated/α-hetero) is 1. The summed E-state index contributed by atoms with van der Waals surface area (Å²) >= 11 is 0. The maximum absolute atomic E-state index is 13.0. The van der Waals surface area contributed by atoms with Crippen molar-refractivity contribution in [2.24, 2.45) is 5.92 Å². The summed E-state index contributed by atoms with van der Waals surface area (Å²) in [5, 5.41) is 13.2. The number of aromatic hydroxyl groups is 1. The second kappa shape index (κ2) is 11.6. The van der Waals surface area contributed by atoms with Crippen molar-refractivity contribution in [1.29, 1.82) is 0 Å². The summed E-state index contributed by atoms with van der Waals surface area (Å²) < 4.78 is 0. The fraction of sp³-hybridized carbons (Fsp3) is 0.500. The van der Waals surface area contributed by atoms with Gasteiger partial charge in [0, 0.05) is 19.6 Å². The van der Waals surface area contributed by atoms with Crippen LogP contribution in [0.15, 0.2) is 36.0 Å². The van der Waals surface area contributed by atoms with Crippen LogP contribution in [-0.4, -0.2) is 28.4 Å². The third kappa shape index (κ3) is 6.85. The van der Waals surface area contributed by atoms with Crippen molar-refractivity contribution in [3.63, 3.8) is 0 Å². The van der Waals surface area contributed by atoms with Crippen LogP contribution in [0.25, 0.3) is 5.57 Å². The fourth-order valence-electron chi connectivity index (χ4n) is 3.68. The Morgan fingerprint density at radius 2 is 1.89 bits per heavy atom. The molecular formula is C22H36NO4. The highest BCUT2D eigenvalue weighted by molar-refractivity contribution is 6.03. The van der Waals surface area contributed by atoms with Crippen LogP contribution in [0.5, 0.6) is 5.75 Å². The molecule has 0 aromatic heterocycles. The molecule has 1 radical (unpaired) electrons. The maximum atomic E-state index is 13.0. The molecule has 2 rings (SSSR count). The van der Waals surface area contributed by atoms with Crippen LogP contribution in [0, 0.1) is 12.8 Å². The van der Waals surface area contributed by atoms with Crippen LogP contribution in [-0.2, 0) is 4.79 Å². The van der Waals surface area contributed by atoms with Gasteiger partial charge in [-0.2, -0.15) is 0 Å². The van der Waals surface area contributed by atoms with Gasteiger partial charge in [-0.1, -0.05) is 31.9 Å². The molecule has 153 valence electrons. The molecule has 0 spiro atoms. The fourth-order valence-corrected chi connectivity index (χ4v) is 3.68. The van der Waals surface area contributed by atoms with Crippen molar-refractivity contribution < 1.29 is 22.3 Å². The number of benzene rings is 1. The molecule has 0 amide bonds. The molecule has 0 unspecified atom stereocenters. The first-order valence-corrected chi connectivity index (χ1v) is 9.33. The second-order valence-corrected chi connectivity index (χ2v) is 7.26. The monoisotopic (exact) mass is 378 g/mol. The lowest BCUT2D eigenvalue weighted by atomic mass is 9.81. The van der Waals surface area contributed by atoms with Crippen LogP contribution < -0.4 is 5.32 Å². The third-order valence-electron chi connectivity index (χ3n) is 5.15. The van der Waals surface area contributed by atoms with Gasteiger partial charge >= 0.3 is 0 Å². The number of hydrogen-bond donors (Lipinski definition) is 3. The molecule has 0 atom stereocenters. The highest BCUT2D eigenvalue weighted by Gasteiger charge is 2.24. The van der Waals surface area contributed by atoms with Gasteiger partial charge in [-0.05, 0) is 74.4 Å². The summed E-state index contributed by atoms with van der Waals surface area (Å²) in [6.45, 7) is 10.5. The number of ketones is 1. The SMILES string of the molecule is C=C(C)NCC/C(=C(/C)C(=O)C1CCCCC1)c1cc(O)ccc1C.O.[HH].[OH]. The van der Waals surface area contributed by atoms with E-state index >= 15 is 0 Å². The summed E-state index contributed by atoms with van der Waals surface area (Å²) in [4.78, 5) is 13.0. The largest absolute Gasteiger partial charge is 0.508 e. The van der Waals surface area contributed by atoms with Gasteiger partial charge in [-0.15, -0.1) is 0 Å². The number of carbonyl (C=O) groups is 1. The quantitative estimate of drug-likeness (QED) is 0.612. The Morgan fingerprint density at radius 1 is 1.26 bits per heavy atom. The topological polar surface area (TPSA) is 111 Å². The van der Waals surface area contributed by atoms with E-state index in [9.17, 15) is 9.90 Å². The Balaban J connectivity index is 0. The molecule has 5 heteroatoms. The van der Waals surface area contributed by atoms with Gasteiger partial charge in [0.25, 0.3) is 0 Å². The zero-order valence-corrected chi connectivity index (χ0v) is 16.8. The molecule has 0 bridgehead atoms. The summed E-state index contributed by atoms with van der Waals surface area (Å²) in [6.07, 6.45) is 6.30. The van der Waals surface area contributed by atoms with Gasteiger partial charge in [0.15, 0.2) is 5.78 Å². The van der Waals surface area contributed by atoms with Crippen molar-refractivity contribution in [2.75, 3.05) is 6.54 Å². The van der Waals surface area contributed by atoms with E-state index in [1.807, 2.05) is 26.8 Å².